The van der Waals surface area contributed by atoms with Gasteiger partial charge in [-0.1, -0.05) is 38.0 Å². The SMILES string of the molecule is C#CC(CC)(CC)N=CC1C(=O)N(c2ccc(OC)c(OC)c2)C(=O)c2ccccc21. The maximum Gasteiger partial charge on any atom is 0.265 e. The van der Waals surface area contributed by atoms with Crippen molar-refractivity contribution in [2.45, 2.75) is 38.1 Å². The third-order valence-electron chi connectivity index (χ3n) is 5.75. The Morgan fingerprint density at radius 2 is 1.77 bits per heavy atom. The predicted octanol–water partition coefficient (Wildman–Crippen LogP) is 4.24. The highest BCUT2D eigenvalue weighted by Crippen LogP contribution is 2.36. The maximum atomic E-state index is 13.5. The number of nitrogens with zero attached hydrogens (tertiary/aromatic N) is 2. The van der Waals surface area contributed by atoms with Crippen LogP contribution in [0.25, 0.3) is 0 Å². The number of fused-ring (bicyclic) bond motifs is 1. The van der Waals surface area contributed by atoms with Crippen molar-refractivity contribution in [2.75, 3.05) is 19.1 Å². The first-order valence-corrected chi connectivity index (χ1v) is 10.2. The molecule has 31 heavy (non-hydrogen) atoms. The Morgan fingerprint density at radius 1 is 1.10 bits per heavy atom. The van der Waals surface area contributed by atoms with E-state index >= 15 is 0 Å². The Kier molecular flexibility index (Phi) is 6.45. The molecule has 6 heteroatoms. The lowest BCUT2D eigenvalue weighted by molar-refractivity contribution is -0.118. The number of hydrogen-bond acceptors (Lipinski definition) is 5. The molecule has 0 aromatic heterocycles. The number of hydrogen-bond donors (Lipinski definition) is 0. The van der Waals surface area contributed by atoms with Crippen molar-refractivity contribution in [2.24, 2.45) is 4.99 Å². The van der Waals surface area contributed by atoms with Gasteiger partial charge in [-0.15, -0.1) is 6.42 Å². The van der Waals surface area contributed by atoms with E-state index in [-0.39, 0.29) is 0 Å². The topological polar surface area (TPSA) is 68.2 Å². The van der Waals surface area contributed by atoms with Crippen molar-refractivity contribution >= 4 is 23.7 Å². The van der Waals surface area contributed by atoms with Gasteiger partial charge in [0.2, 0.25) is 5.91 Å². The minimum absolute atomic E-state index is 0.391. The molecule has 1 atom stereocenters. The van der Waals surface area contributed by atoms with Crippen LogP contribution in [-0.4, -0.2) is 37.8 Å². The fraction of sp³-hybridized carbons (Fsp3) is 0.320. The fourth-order valence-corrected chi connectivity index (χ4v) is 3.70. The molecule has 0 saturated heterocycles. The molecule has 1 aliphatic heterocycles. The van der Waals surface area contributed by atoms with Gasteiger partial charge in [0.1, 0.15) is 5.54 Å². The van der Waals surface area contributed by atoms with Gasteiger partial charge in [-0.05, 0) is 36.6 Å². The molecular weight excluding hydrogens is 392 g/mol. The molecule has 0 fully saturated rings. The Balaban J connectivity index is 2.12. The zero-order valence-electron chi connectivity index (χ0n) is 18.2. The first-order valence-electron chi connectivity index (χ1n) is 10.2. The largest absolute Gasteiger partial charge is 0.493 e. The van der Waals surface area contributed by atoms with Gasteiger partial charge in [0.05, 0.1) is 25.8 Å². The van der Waals surface area contributed by atoms with Gasteiger partial charge in [0.25, 0.3) is 5.91 Å². The number of aliphatic imine (C=N–C) groups is 1. The highest BCUT2D eigenvalue weighted by Gasteiger charge is 2.39. The summed E-state index contributed by atoms with van der Waals surface area (Å²) >= 11 is 0. The molecule has 160 valence electrons. The average Bonchev–Trinajstić information content (AvgIpc) is 2.81. The summed E-state index contributed by atoms with van der Waals surface area (Å²) in [7, 11) is 3.03. The number of ether oxygens (including phenoxy) is 2. The molecular formula is C25H26N2O4. The maximum absolute atomic E-state index is 13.5. The summed E-state index contributed by atoms with van der Waals surface area (Å²) in [4.78, 5) is 32.6. The standard InChI is InChI=1S/C25H26N2O4/c1-6-25(7-2,8-3)26-16-20-18-11-9-10-12-19(18)23(28)27(24(20)29)17-13-14-21(30-4)22(15-17)31-5/h1,9-16,20H,7-8H2,2-5H3. The van der Waals surface area contributed by atoms with E-state index in [9.17, 15) is 9.59 Å². The minimum Gasteiger partial charge on any atom is -0.493 e. The molecule has 1 aliphatic rings. The molecule has 3 rings (SSSR count). The van der Waals surface area contributed by atoms with Gasteiger partial charge in [-0.2, -0.15) is 0 Å². The fourth-order valence-electron chi connectivity index (χ4n) is 3.70. The quantitative estimate of drug-likeness (QED) is 0.383. The number of carbonyl (C=O) groups excluding carboxylic acids is 2. The molecule has 0 aliphatic carbocycles. The molecule has 2 amide bonds. The number of terminal acetylenes is 1. The third-order valence-corrected chi connectivity index (χ3v) is 5.75. The van der Waals surface area contributed by atoms with Gasteiger partial charge in [-0.25, -0.2) is 4.90 Å². The lowest BCUT2D eigenvalue weighted by atomic mass is 9.88. The minimum atomic E-state index is -0.729. The molecule has 1 heterocycles. The van der Waals surface area contributed by atoms with E-state index < -0.39 is 23.3 Å². The van der Waals surface area contributed by atoms with Gasteiger partial charge in [-0.3, -0.25) is 14.6 Å². The van der Waals surface area contributed by atoms with E-state index in [4.69, 9.17) is 15.9 Å². The number of carbonyl (C=O) groups is 2. The number of anilines is 1. The van der Waals surface area contributed by atoms with E-state index in [1.807, 2.05) is 13.8 Å². The van der Waals surface area contributed by atoms with Gasteiger partial charge in [0.15, 0.2) is 11.5 Å². The van der Waals surface area contributed by atoms with Crippen LogP contribution in [0.3, 0.4) is 0 Å². The number of rotatable bonds is 7. The van der Waals surface area contributed by atoms with E-state index in [0.717, 1.165) is 4.90 Å². The first-order chi connectivity index (χ1) is 14.9. The lowest BCUT2D eigenvalue weighted by Crippen LogP contribution is -2.45. The van der Waals surface area contributed by atoms with E-state index in [1.54, 1.807) is 48.7 Å². The zero-order valence-corrected chi connectivity index (χ0v) is 18.2. The van der Waals surface area contributed by atoms with Crippen LogP contribution in [0, 0.1) is 12.3 Å². The van der Waals surface area contributed by atoms with Gasteiger partial charge >= 0.3 is 0 Å². The predicted molar refractivity (Wildman–Crippen MR) is 121 cm³/mol. The second-order valence-electron chi connectivity index (χ2n) is 7.24. The van der Waals surface area contributed by atoms with Crippen molar-refractivity contribution in [3.05, 3.63) is 53.6 Å². The van der Waals surface area contributed by atoms with Crippen molar-refractivity contribution < 1.29 is 19.1 Å². The Bertz CT molecular complexity index is 1060. The first kappa shape index (κ1) is 22.1. The number of amides is 2. The molecule has 1 unspecified atom stereocenters. The average molecular weight is 418 g/mol. The monoisotopic (exact) mass is 418 g/mol. The third kappa shape index (κ3) is 3.91. The molecule has 2 aromatic carbocycles. The summed E-state index contributed by atoms with van der Waals surface area (Å²) in [6, 6.07) is 12.0. The van der Waals surface area contributed by atoms with Crippen molar-refractivity contribution in [3.63, 3.8) is 0 Å². The smallest absolute Gasteiger partial charge is 0.265 e. The second-order valence-corrected chi connectivity index (χ2v) is 7.24. The van der Waals surface area contributed by atoms with Crippen LogP contribution in [0.4, 0.5) is 5.69 Å². The zero-order chi connectivity index (χ0) is 22.6. The lowest BCUT2D eigenvalue weighted by Gasteiger charge is -2.32. The molecule has 0 saturated carbocycles. The summed E-state index contributed by atoms with van der Waals surface area (Å²) in [5.74, 6) is 2.17. The van der Waals surface area contributed by atoms with Crippen molar-refractivity contribution in [1.29, 1.82) is 0 Å². The second kappa shape index (κ2) is 9.05. The molecule has 0 N–H and O–H groups in total. The van der Waals surface area contributed by atoms with E-state index in [2.05, 4.69) is 10.9 Å². The van der Waals surface area contributed by atoms with Crippen LogP contribution in [0.15, 0.2) is 47.5 Å². The van der Waals surface area contributed by atoms with Gasteiger partial charge in [0, 0.05) is 17.8 Å². The molecule has 2 aromatic rings. The van der Waals surface area contributed by atoms with Crippen molar-refractivity contribution in [3.8, 4) is 23.8 Å². The van der Waals surface area contributed by atoms with Gasteiger partial charge < -0.3 is 9.47 Å². The highest BCUT2D eigenvalue weighted by molar-refractivity contribution is 6.29. The van der Waals surface area contributed by atoms with Crippen LogP contribution in [-0.2, 0) is 4.79 Å². The van der Waals surface area contributed by atoms with Crippen LogP contribution >= 0.6 is 0 Å². The summed E-state index contributed by atoms with van der Waals surface area (Å²) < 4.78 is 10.6. The van der Waals surface area contributed by atoms with Crippen molar-refractivity contribution in [1.82, 2.24) is 0 Å². The molecule has 6 nitrogen and oxygen atoms in total. The summed E-state index contributed by atoms with van der Waals surface area (Å²) in [5.41, 5.74) is 0.795. The highest BCUT2D eigenvalue weighted by atomic mass is 16.5. The number of benzene rings is 2. The Morgan fingerprint density at radius 3 is 2.39 bits per heavy atom. The Hall–Kier alpha value is -3.59. The summed E-state index contributed by atoms with van der Waals surface area (Å²) in [5, 5.41) is 0. The van der Waals surface area contributed by atoms with Crippen LogP contribution < -0.4 is 14.4 Å². The van der Waals surface area contributed by atoms with E-state index in [1.165, 1.54) is 14.2 Å². The van der Waals surface area contributed by atoms with Crippen LogP contribution in [0.2, 0.25) is 0 Å². The Labute approximate surface area is 182 Å². The number of imide groups is 1. The summed E-state index contributed by atoms with van der Waals surface area (Å²) in [6.45, 7) is 3.94. The molecule has 0 bridgehead atoms. The number of methoxy groups -OCH3 is 2. The molecule has 0 radical (unpaired) electrons. The van der Waals surface area contributed by atoms with Crippen LogP contribution in [0.1, 0.15) is 48.5 Å². The van der Waals surface area contributed by atoms with E-state index in [0.29, 0.717) is 41.2 Å². The summed E-state index contributed by atoms with van der Waals surface area (Å²) in [6.07, 6.45) is 8.63. The normalized spacial score (nSPS) is 16.2. The van der Waals surface area contributed by atoms with Crippen LogP contribution in [0.5, 0.6) is 11.5 Å². The molecule has 0 spiro atoms.